The molecule has 6 atom stereocenters. The van der Waals surface area contributed by atoms with Gasteiger partial charge in [0.2, 0.25) is 0 Å². The van der Waals surface area contributed by atoms with E-state index in [4.69, 9.17) is 37.0 Å². The molecule has 0 saturated heterocycles. The van der Waals surface area contributed by atoms with E-state index >= 15 is 0 Å². The Morgan fingerprint density at radius 1 is 0.347 bits per heavy atom. The van der Waals surface area contributed by atoms with E-state index in [9.17, 15) is 43.2 Å². The first-order valence-electron chi connectivity index (χ1n) is 38.2. The molecule has 0 radical (unpaired) electrons. The molecule has 0 rings (SSSR count). The summed E-state index contributed by atoms with van der Waals surface area (Å²) in [6, 6.07) is 0. The number of unbranched alkanes of at least 4 members (excludes halogenated alkanes) is 34. The summed E-state index contributed by atoms with van der Waals surface area (Å²) < 4.78 is 68.4. The van der Waals surface area contributed by atoms with Gasteiger partial charge in [0.1, 0.15) is 19.3 Å². The van der Waals surface area contributed by atoms with Gasteiger partial charge < -0.3 is 33.8 Å². The smallest absolute Gasteiger partial charge is 0.462 e. The summed E-state index contributed by atoms with van der Waals surface area (Å²) >= 11 is 0. The Morgan fingerprint density at radius 3 is 0.937 bits per heavy atom. The zero-order valence-corrected chi connectivity index (χ0v) is 62.7. The monoisotopic (exact) mass is 1390 g/mol. The predicted octanol–water partition coefficient (Wildman–Crippen LogP) is 21.4. The van der Waals surface area contributed by atoms with Crippen LogP contribution in [0.2, 0.25) is 0 Å². The van der Waals surface area contributed by atoms with E-state index in [-0.39, 0.29) is 25.7 Å². The number of rotatable bonds is 71. The largest absolute Gasteiger partial charge is 0.472 e. The number of carbonyl (C=O) groups is 4. The van der Waals surface area contributed by atoms with Gasteiger partial charge in [-0.1, -0.05) is 289 Å². The van der Waals surface area contributed by atoms with Crippen LogP contribution in [0.15, 0.2) is 48.6 Å². The molecule has 0 fully saturated rings. The molecule has 0 amide bonds. The van der Waals surface area contributed by atoms with Gasteiger partial charge in [0.25, 0.3) is 0 Å². The average molecular weight is 1390 g/mol. The lowest BCUT2D eigenvalue weighted by atomic mass is 10.00. The zero-order valence-electron chi connectivity index (χ0n) is 60.9. The Bertz CT molecular complexity index is 2030. The molecule has 3 N–H and O–H groups in total. The molecule has 0 aliphatic rings. The normalized spacial score (nSPS) is 14.6. The van der Waals surface area contributed by atoms with Crippen molar-refractivity contribution >= 4 is 39.5 Å². The number of hydrogen-bond acceptors (Lipinski definition) is 15. The van der Waals surface area contributed by atoms with Crippen LogP contribution in [-0.4, -0.2) is 96.7 Å². The fourth-order valence-corrected chi connectivity index (χ4v) is 12.1. The van der Waals surface area contributed by atoms with Crippen LogP contribution in [-0.2, 0) is 65.4 Å². The number of allylic oxidation sites excluding steroid dienone is 8. The van der Waals surface area contributed by atoms with Crippen molar-refractivity contribution in [3.05, 3.63) is 48.6 Å². The maximum Gasteiger partial charge on any atom is 0.472 e. The van der Waals surface area contributed by atoms with Gasteiger partial charge in [-0.05, 0) is 88.9 Å². The average Bonchev–Trinajstić information content (AvgIpc) is 2.54. The van der Waals surface area contributed by atoms with Gasteiger partial charge in [-0.2, -0.15) is 0 Å². The summed E-state index contributed by atoms with van der Waals surface area (Å²) in [7, 11) is -9.94. The molecule has 0 bridgehead atoms. The van der Waals surface area contributed by atoms with Crippen LogP contribution in [0.5, 0.6) is 0 Å². The number of aliphatic hydroxyl groups is 1. The first-order valence-corrected chi connectivity index (χ1v) is 41.2. The third-order valence-electron chi connectivity index (χ3n) is 16.8. The lowest BCUT2D eigenvalue weighted by Crippen LogP contribution is -2.30. The van der Waals surface area contributed by atoms with E-state index in [1.165, 1.54) is 128 Å². The Kier molecular flexibility index (Phi) is 64.8. The summed E-state index contributed by atoms with van der Waals surface area (Å²) in [6.07, 6.45) is 59.9. The van der Waals surface area contributed by atoms with Crippen molar-refractivity contribution in [3.8, 4) is 0 Å². The molecule has 0 aromatic carbocycles. The molecule has 95 heavy (non-hydrogen) atoms. The topological polar surface area (TPSA) is 237 Å². The lowest BCUT2D eigenvalue weighted by molar-refractivity contribution is -0.161. The van der Waals surface area contributed by atoms with Crippen LogP contribution in [0, 0.1) is 11.8 Å². The van der Waals surface area contributed by atoms with Crippen molar-refractivity contribution in [2.45, 2.75) is 362 Å². The molecule has 0 aliphatic heterocycles. The molecule has 0 saturated carbocycles. The van der Waals surface area contributed by atoms with E-state index in [1.54, 1.807) is 0 Å². The molecule has 0 aromatic rings. The van der Waals surface area contributed by atoms with Gasteiger partial charge >= 0.3 is 39.5 Å². The Hall–Kier alpha value is -2.98. The van der Waals surface area contributed by atoms with Crippen molar-refractivity contribution in [3.63, 3.8) is 0 Å². The summed E-state index contributed by atoms with van der Waals surface area (Å²) in [4.78, 5) is 72.8. The number of esters is 4. The minimum absolute atomic E-state index is 0.0815. The van der Waals surface area contributed by atoms with Gasteiger partial charge in [0.15, 0.2) is 12.2 Å². The van der Waals surface area contributed by atoms with Gasteiger partial charge in [-0.25, -0.2) is 9.13 Å². The van der Waals surface area contributed by atoms with Crippen LogP contribution in [0.3, 0.4) is 0 Å². The lowest BCUT2D eigenvalue weighted by Gasteiger charge is -2.21. The number of carbonyl (C=O) groups excluding carboxylic acids is 4. The molecular formula is C76H140O17P2. The Balaban J connectivity index is 5.33. The van der Waals surface area contributed by atoms with E-state index in [0.29, 0.717) is 25.7 Å². The highest BCUT2D eigenvalue weighted by atomic mass is 31.2. The highest BCUT2D eigenvalue weighted by Gasteiger charge is 2.30. The quantitative estimate of drug-likeness (QED) is 0.0169. The number of hydrogen-bond donors (Lipinski definition) is 3. The number of phosphoric ester groups is 2. The van der Waals surface area contributed by atoms with Crippen molar-refractivity contribution < 1.29 is 80.2 Å². The van der Waals surface area contributed by atoms with Gasteiger partial charge in [0.05, 0.1) is 26.4 Å². The number of aliphatic hydroxyl groups excluding tert-OH is 1. The Labute approximate surface area is 578 Å². The summed E-state index contributed by atoms with van der Waals surface area (Å²) in [6.45, 7) is 9.42. The van der Waals surface area contributed by atoms with Crippen molar-refractivity contribution in [2.24, 2.45) is 11.8 Å². The minimum atomic E-state index is -4.97. The summed E-state index contributed by atoms with van der Waals surface area (Å²) in [5, 5.41) is 10.6. The van der Waals surface area contributed by atoms with E-state index < -0.39 is 97.5 Å². The van der Waals surface area contributed by atoms with E-state index in [1.807, 2.05) is 0 Å². The van der Waals surface area contributed by atoms with Crippen LogP contribution in [0.1, 0.15) is 343 Å². The van der Waals surface area contributed by atoms with Crippen molar-refractivity contribution in [2.75, 3.05) is 39.6 Å². The second-order valence-electron chi connectivity index (χ2n) is 26.7. The van der Waals surface area contributed by atoms with Crippen molar-refractivity contribution in [1.29, 1.82) is 0 Å². The highest BCUT2D eigenvalue weighted by molar-refractivity contribution is 7.47. The van der Waals surface area contributed by atoms with Gasteiger partial charge in [-0.15, -0.1) is 0 Å². The van der Waals surface area contributed by atoms with E-state index in [0.717, 1.165) is 134 Å². The number of phosphoric acid groups is 2. The molecular weight excluding hydrogens is 1250 g/mol. The van der Waals surface area contributed by atoms with Gasteiger partial charge in [0, 0.05) is 25.7 Å². The van der Waals surface area contributed by atoms with Gasteiger partial charge in [-0.3, -0.25) is 37.3 Å². The highest BCUT2D eigenvalue weighted by Crippen LogP contribution is 2.45. The first kappa shape index (κ1) is 92.0. The molecule has 17 nitrogen and oxygen atoms in total. The van der Waals surface area contributed by atoms with Crippen LogP contribution < -0.4 is 0 Å². The molecule has 556 valence electrons. The van der Waals surface area contributed by atoms with E-state index in [2.05, 4.69) is 90.2 Å². The molecule has 0 aromatic heterocycles. The summed E-state index contributed by atoms with van der Waals surface area (Å²) in [5.74, 6) is -0.675. The SMILES string of the molecule is CCCCCC/C=C\C=C/CCCCCCCC(=O)O[C@H](COC(=O)CCCCCCCCCCCCCCC(C)C)COP(=O)(O)OC[C@@H](O)COP(=O)(O)OC[C@@H](COC(=O)CCCCCCCCC(C)CC)OC(=O)CCCCCCC/C=C\C=C/CCCCCC. The predicted molar refractivity (Wildman–Crippen MR) is 386 cm³/mol. The first-order chi connectivity index (χ1) is 45.9. The maximum atomic E-state index is 13.1. The second-order valence-corrected chi connectivity index (χ2v) is 29.6. The Morgan fingerprint density at radius 2 is 0.621 bits per heavy atom. The fourth-order valence-electron chi connectivity index (χ4n) is 10.5. The van der Waals surface area contributed by atoms with Crippen LogP contribution in [0.25, 0.3) is 0 Å². The molecule has 0 spiro atoms. The van der Waals surface area contributed by atoms with Crippen LogP contribution in [0.4, 0.5) is 0 Å². The maximum absolute atomic E-state index is 13.1. The minimum Gasteiger partial charge on any atom is -0.462 e. The standard InChI is InChI=1S/C76H140O17P2/c1-7-10-12-14-16-18-20-22-24-26-32-36-40-48-54-60-75(80)92-71(64-86-73(78)58-52-46-39-35-31-29-28-30-34-38-44-50-56-68(4)5)66-90-94(82,83)88-62-70(77)63-89-95(84,85)91-67-72(65-87-74(79)59-53-47-43-42-45-51-57-69(6)9-3)93-76(81)61-55-49-41-37-33-27-25-23-21-19-17-15-13-11-8-2/h18-25,68-72,77H,7-17,26-67H2,1-6H3,(H,82,83)(H,84,85)/b20-18-,21-19-,24-22-,25-23-/t69?,70-,71-,72-/m1/s1. The zero-order chi connectivity index (χ0) is 70.0. The third-order valence-corrected chi connectivity index (χ3v) is 18.7. The summed E-state index contributed by atoms with van der Waals surface area (Å²) in [5.41, 5.74) is 0. The fraction of sp³-hybridized carbons (Fsp3) is 0.842. The number of ether oxygens (including phenoxy) is 4. The van der Waals surface area contributed by atoms with Crippen LogP contribution >= 0.6 is 15.6 Å². The second kappa shape index (κ2) is 66.9. The molecule has 0 aliphatic carbocycles. The molecule has 3 unspecified atom stereocenters. The molecule has 19 heteroatoms. The molecule has 0 heterocycles. The van der Waals surface area contributed by atoms with Crippen molar-refractivity contribution in [1.82, 2.24) is 0 Å². The third kappa shape index (κ3) is 68.0.